The maximum Gasteiger partial charge on any atom is 0.226 e. The van der Waals surface area contributed by atoms with Crippen LogP contribution in [0.1, 0.15) is 81.9 Å². The Labute approximate surface area is 212 Å². The van der Waals surface area contributed by atoms with Crippen LogP contribution in [0, 0.1) is 23.7 Å². The molecule has 4 rings (SSSR count). The molecule has 1 aliphatic carbocycles. The fourth-order valence-electron chi connectivity index (χ4n) is 5.50. The second kappa shape index (κ2) is 12.9. The number of hydrogen-bond acceptors (Lipinski definition) is 3. The van der Waals surface area contributed by atoms with Crippen LogP contribution >= 0.6 is 0 Å². The predicted molar refractivity (Wildman–Crippen MR) is 142 cm³/mol. The number of benzene rings is 1. The van der Waals surface area contributed by atoms with Crippen molar-refractivity contribution in [2.24, 2.45) is 11.8 Å². The maximum absolute atomic E-state index is 13.9. The van der Waals surface area contributed by atoms with Crippen LogP contribution in [0.5, 0.6) is 0 Å². The Kier molecular flexibility index (Phi) is 9.37. The Morgan fingerprint density at radius 2 is 1.77 bits per heavy atom. The van der Waals surface area contributed by atoms with Crippen molar-refractivity contribution in [1.82, 2.24) is 14.8 Å². The van der Waals surface area contributed by atoms with Crippen LogP contribution in [-0.4, -0.2) is 39.8 Å². The number of unbranched alkanes of at least 4 members (excludes halogenated alkanes) is 1. The lowest BCUT2D eigenvalue weighted by atomic mass is 9.82. The summed E-state index contributed by atoms with van der Waals surface area (Å²) in [5.74, 6) is 7.88. The van der Waals surface area contributed by atoms with Crippen molar-refractivity contribution in [3.63, 3.8) is 0 Å². The van der Waals surface area contributed by atoms with Gasteiger partial charge in [-0.25, -0.2) is 0 Å². The van der Waals surface area contributed by atoms with E-state index in [0.717, 1.165) is 69.6 Å². The average molecular weight is 472 g/mol. The molecule has 2 aliphatic rings. The van der Waals surface area contributed by atoms with E-state index in [1.165, 1.54) is 24.0 Å². The molecule has 0 atom stereocenters. The zero-order valence-corrected chi connectivity index (χ0v) is 21.6. The van der Waals surface area contributed by atoms with Gasteiger partial charge in [-0.3, -0.25) is 14.7 Å². The molecule has 2 fully saturated rings. The third kappa shape index (κ3) is 7.42. The number of hydrogen-bond donors (Lipinski definition) is 0. The molecule has 4 nitrogen and oxygen atoms in total. The minimum Gasteiger partial charge on any atom is -0.335 e. The molecule has 0 bridgehead atoms. The molecule has 4 heteroatoms. The Bertz CT molecular complexity index is 993. The van der Waals surface area contributed by atoms with Crippen molar-refractivity contribution < 1.29 is 4.79 Å². The lowest BCUT2D eigenvalue weighted by molar-refractivity contribution is -0.141. The van der Waals surface area contributed by atoms with Crippen LogP contribution < -0.4 is 0 Å². The van der Waals surface area contributed by atoms with Crippen molar-refractivity contribution in [2.45, 2.75) is 84.3 Å². The summed E-state index contributed by atoms with van der Waals surface area (Å²) in [6, 6.07) is 13.0. The summed E-state index contributed by atoms with van der Waals surface area (Å²) in [5, 5.41) is 0. The predicted octanol–water partition coefficient (Wildman–Crippen LogP) is 6.05. The highest BCUT2D eigenvalue weighted by Gasteiger charge is 2.33. The molecule has 1 amide bonds. The summed E-state index contributed by atoms with van der Waals surface area (Å²) in [5.41, 5.74) is 3.57. The fourth-order valence-corrected chi connectivity index (χ4v) is 5.50. The van der Waals surface area contributed by atoms with Gasteiger partial charge in [-0.05, 0) is 86.3 Å². The molecule has 2 heterocycles. The van der Waals surface area contributed by atoms with Crippen LogP contribution in [0.2, 0.25) is 0 Å². The third-order valence-corrected chi connectivity index (χ3v) is 7.69. The summed E-state index contributed by atoms with van der Waals surface area (Å²) < 4.78 is 0. The van der Waals surface area contributed by atoms with Gasteiger partial charge in [0.2, 0.25) is 5.91 Å². The van der Waals surface area contributed by atoms with Crippen molar-refractivity contribution in [2.75, 3.05) is 13.1 Å². The molecule has 1 aliphatic heterocycles. The van der Waals surface area contributed by atoms with Gasteiger partial charge in [-0.15, -0.1) is 0 Å². The smallest absolute Gasteiger partial charge is 0.226 e. The lowest BCUT2D eigenvalue weighted by Gasteiger charge is -2.41. The van der Waals surface area contributed by atoms with E-state index < -0.39 is 0 Å². The molecule has 1 saturated heterocycles. The number of pyridine rings is 1. The molecule has 1 aromatic carbocycles. The summed E-state index contributed by atoms with van der Waals surface area (Å²) >= 11 is 0. The van der Waals surface area contributed by atoms with E-state index >= 15 is 0 Å². The van der Waals surface area contributed by atoms with Gasteiger partial charge in [-0.2, -0.15) is 0 Å². The van der Waals surface area contributed by atoms with E-state index in [-0.39, 0.29) is 5.92 Å². The summed E-state index contributed by atoms with van der Waals surface area (Å²) in [6.45, 7) is 8.19. The molecule has 0 spiro atoms. The lowest BCUT2D eigenvalue weighted by Crippen LogP contribution is -2.49. The van der Waals surface area contributed by atoms with Crippen molar-refractivity contribution in [3.8, 4) is 11.8 Å². The number of carbonyl (C=O) groups is 1. The Balaban J connectivity index is 1.45. The summed E-state index contributed by atoms with van der Waals surface area (Å²) in [4.78, 5) is 22.7. The second-order valence-electron chi connectivity index (χ2n) is 10.5. The fraction of sp³-hybridized carbons (Fsp3) is 0.548. The molecular weight excluding hydrogens is 430 g/mol. The van der Waals surface area contributed by atoms with Crippen LogP contribution in [0.25, 0.3) is 0 Å². The first kappa shape index (κ1) is 25.5. The van der Waals surface area contributed by atoms with Crippen molar-refractivity contribution in [1.29, 1.82) is 0 Å². The van der Waals surface area contributed by atoms with Gasteiger partial charge < -0.3 is 4.90 Å². The Morgan fingerprint density at radius 3 is 2.49 bits per heavy atom. The molecule has 0 unspecified atom stereocenters. The van der Waals surface area contributed by atoms with Crippen LogP contribution in [0.3, 0.4) is 0 Å². The molecule has 1 saturated carbocycles. The van der Waals surface area contributed by atoms with Gasteiger partial charge >= 0.3 is 0 Å². The summed E-state index contributed by atoms with van der Waals surface area (Å²) in [7, 11) is 0. The molecule has 1 aromatic heterocycles. The van der Waals surface area contributed by atoms with Crippen LogP contribution in [0.4, 0.5) is 0 Å². The number of piperidine rings is 1. The number of rotatable bonds is 7. The number of aromatic nitrogens is 1. The van der Waals surface area contributed by atoms with Gasteiger partial charge in [0.25, 0.3) is 0 Å². The second-order valence-corrected chi connectivity index (χ2v) is 10.5. The van der Waals surface area contributed by atoms with E-state index in [9.17, 15) is 4.79 Å². The average Bonchev–Trinajstić information content (AvgIpc) is 2.89. The molecular formula is C31H41N3O. The molecule has 0 radical (unpaired) electrons. The molecule has 0 N–H and O–H groups in total. The topological polar surface area (TPSA) is 36.4 Å². The largest absolute Gasteiger partial charge is 0.335 e. The Hall–Kier alpha value is -2.64. The van der Waals surface area contributed by atoms with E-state index in [2.05, 4.69) is 76.9 Å². The number of nitrogens with zero attached hydrogens (tertiary/aromatic N) is 3. The molecule has 2 aromatic rings. The zero-order chi connectivity index (χ0) is 24.5. The van der Waals surface area contributed by atoms with Gasteiger partial charge in [-0.1, -0.05) is 37.8 Å². The van der Waals surface area contributed by atoms with Crippen LogP contribution in [-0.2, 0) is 17.9 Å². The van der Waals surface area contributed by atoms with E-state index in [0.29, 0.717) is 18.5 Å². The SMILES string of the molecule is CCCC#Cc1cccc(CN(C(=O)C2CCC(C)CC2)C2CCN(Cc3ccncc3)CC2)c1. The van der Waals surface area contributed by atoms with E-state index in [1.807, 2.05) is 12.4 Å². The number of likely N-dealkylation sites (tertiary alicyclic amines) is 1. The standard InChI is InChI=1S/C31H41N3O/c1-3-4-5-7-26-8-6-9-28(22-26)24-34(31(35)29-12-10-25(2)11-13-29)30-16-20-33(21-17-30)23-27-14-18-32-19-15-27/h6,8-9,14-15,18-19,22,25,29-30H,3-4,10-13,16-17,20-21,23-24H2,1-2H3. The maximum atomic E-state index is 13.9. The minimum absolute atomic E-state index is 0.188. The van der Waals surface area contributed by atoms with E-state index in [1.54, 1.807) is 0 Å². The highest BCUT2D eigenvalue weighted by atomic mass is 16.2. The van der Waals surface area contributed by atoms with Crippen molar-refractivity contribution in [3.05, 3.63) is 65.5 Å². The highest BCUT2D eigenvalue weighted by molar-refractivity contribution is 5.79. The third-order valence-electron chi connectivity index (χ3n) is 7.69. The van der Waals surface area contributed by atoms with Crippen LogP contribution in [0.15, 0.2) is 48.8 Å². The van der Waals surface area contributed by atoms with Gasteiger partial charge in [0.05, 0.1) is 0 Å². The first-order valence-electron chi connectivity index (χ1n) is 13.6. The summed E-state index contributed by atoms with van der Waals surface area (Å²) in [6.07, 6.45) is 12.3. The number of carbonyl (C=O) groups excluding carboxylic acids is 1. The van der Waals surface area contributed by atoms with Crippen molar-refractivity contribution >= 4 is 5.91 Å². The monoisotopic (exact) mass is 471 g/mol. The number of amides is 1. The van der Waals surface area contributed by atoms with Gasteiger partial charge in [0.15, 0.2) is 0 Å². The minimum atomic E-state index is 0.188. The van der Waals surface area contributed by atoms with Gasteiger partial charge in [0, 0.05) is 62.5 Å². The van der Waals surface area contributed by atoms with Gasteiger partial charge in [0.1, 0.15) is 0 Å². The van der Waals surface area contributed by atoms with E-state index in [4.69, 9.17) is 0 Å². The highest BCUT2D eigenvalue weighted by Crippen LogP contribution is 2.32. The molecule has 186 valence electrons. The first-order valence-corrected chi connectivity index (χ1v) is 13.6. The quantitative estimate of drug-likeness (QED) is 0.461. The Morgan fingerprint density at radius 1 is 1.03 bits per heavy atom. The molecule has 35 heavy (non-hydrogen) atoms. The first-order chi connectivity index (χ1) is 17.1. The zero-order valence-electron chi connectivity index (χ0n) is 21.6. The normalized spacial score (nSPS) is 21.2.